The van der Waals surface area contributed by atoms with E-state index < -0.39 is 0 Å². The maximum absolute atomic E-state index is 12.4. The van der Waals surface area contributed by atoms with Crippen LogP contribution in [-0.2, 0) is 15.3 Å². The molecule has 0 aliphatic carbocycles. The summed E-state index contributed by atoms with van der Waals surface area (Å²) in [6.45, 7) is 6.67. The van der Waals surface area contributed by atoms with Gasteiger partial charge in [-0.2, -0.15) is 0 Å². The van der Waals surface area contributed by atoms with Crippen LogP contribution >= 0.6 is 23.1 Å². The fourth-order valence-corrected chi connectivity index (χ4v) is 4.79. The van der Waals surface area contributed by atoms with E-state index in [9.17, 15) is 9.59 Å². The van der Waals surface area contributed by atoms with Crippen LogP contribution in [0.2, 0.25) is 0 Å². The number of aromatic nitrogens is 2. The summed E-state index contributed by atoms with van der Waals surface area (Å²) in [5.41, 5.74) is 0.761. The number of thioether (sulfide) groups is 1. The van der Waals surface area contributed by atoms with Crippen molar-refractivity contribution in [3.05, 3.63) is 46.6 Å². The predicted molar refractivity (Wildman–Crippen MR) is 126 cm³/mol. The summed E-state index contributed by atoms with van der Waals surface area (Å²) in [7, 11) is 0. The first-order chi connectivity index (χ1) is 15.0. The Hall–Kier alpha value is -2.65. The third-order valence-corrected chi connectivity index (χ3v) is 6.57. The van der Waals surface area contributed by atoms with Crippen molar-refractivity contribution >= 4 is 51.0 Å². The summed E-state index contributed by atoms with van der Waals surface area (Å²) in [4.78, 5) is 36.2. The Bertz CT molecular complexity index is 1050. The van der Waals surface area contributed by atoms with Crippen LogP contribution in [0.5, 0.6) is 0 Å². The van der Waals surface area contributed by atoms with Crippen molar-refractivity contribution in [1.82, 2.24) is 15.3 Å². The summed E-state index contributed by atoms with van der Waals surface area (Å²) < 4.78 is 5.19. The number of nitrogens with one attached hydrogen (secondary N) is 2. The lowest BCUT2D eigenvalue weighted by molar-refractivity contribution is -0.119. The topological polar surface area (TPSA) is 93.2 Å². The number of carbonyl (C=O) groups excluding carboxylic acids is 2. The number of hydrogen-bond acceptors (Lipinski definition) is 8. The number of thiophene rings is 1. The molecule has 9 heteroatoms. The number of anilines is 1. The number of ether oxygens (including phenoxy) is 1. The second-order valence-electron chi connectivity index (χ2n) is 6.75. The van der Waals surface area contributed by atoms with Gasteiger partial charge in [0.25, 0.3) is 0 Å². The van der Waals surface area contributed by atoms with Gasteiger partial charge in [-0.15, -0.1) is 23.1 Å². The molecule has 0 radical (unpaired) electrons. The zero-order chi connectivity index (χ0) is 22.2. The van der Waals surface area contributed by atoms with Gasteiger partial charge in [0.05, 0.1) is 24.3 Å². The summed E-state index contributed by atoms with van der Waals surface area (Å²) in [6, 6.07) is 10.0. The van der Waals surface area contributed by atoms with E-state index in [4.69, 9.17) is 4.74 Å². The fraction of sp³-hybridized carbons (Fsp3) is 0.364. The number of amides is 1. The molecule has 2 heterocycles. The molecule has 31 heavy (non-hydrogen) atoms. The molecule has 0 atom stereocenters. The number of aryl methyl sites for hydroxylation is 1. The molecule has 1 aromatic carbocycles. The molecule has 0 fully saturated rings. The summed E-state index contributed by atoms with van der Waals surface area (Å²) in [5, 5.41) is 6.74. The fourth-order valence-electron chi connectivity index (χ4n) is 2.92. The highest BCUT2D eigenvalue weighted by atomic mass is 32.2. The van der Waals surface area contributed by atoms with E-state index in [2.05, 4.69) is 20.6 Å². The van der Waals surface area contributed by atoms with Gasteiger partial charge < -0.3 is 15.4 Å². The highest BCUT2D eigenvalue weighted by molar-refractivity contribution is 7.98. The molecule has 0 bridgehead atoms. The van der Waals surface area contributed by atoms with E-state index in [0.717, 1.165) is 22.3 Å². The molecule has 1 amide bonds. The SMILES string of the molecule is CCCNC(=O)CNc1nc(CSc2ccccc2)nc2sc(C(=O)OCC)c(C)c12. The summed E-state index contributed by atoms with van der Waals surface area (Å²) >= 11 is 2.93. The molecule has 3 aromatic rings. The van der Waals surface area contributed by atoms with Crippen molar-refractivity contribution in [3.63, 3.8) is 0 Å². The molecule has 0 saturated carbocycles. The van der Waals surface area contributed by atoms with Crippen LogP contribution in [0, 0.1) is 6.92 Å². The molecule has 3 rings (SSSR count). The average Bonchev–Trinajstić information content (AvgIpc) is 3.12. The van der Waals surface area contributed by atoms with Crippen LogP contribution in [0.25, 0.3) is 10.2 Å². The van der Waals surface area contributed by atoms with Gasteiger partial charge in [0.2, 0.25) is 5.91 Å². The zero-order valence-electron chi connectivity index (χ0n) is 17.9. The quantitative estimate of drug-likeness (QED) is 0.343. The van der Waals surface area contributed by atoms with E-state index in [1.54, 1.807) is 18.7 Å². The largest absolute Gasteiger partial charge is 0.462 e. The van der Waals surface area contributed by atoms with Gasteiger partial charge in [-0.1, -0.05) is 25.1 Å². The molecule has 164 valence electrons. The van der Waals surface area contributed by atoms with Crippen molar-refractivity contribution in [2.24, 2.45) is 0 Å². The monoisotopic (exact) mass is 458 g/mol. The number of carbonyl (C=O) groups is 2. The predicted octanol–water partition coefficient (Wildman–Crippen LogP) is 4.41. The third kappa shape index (κ3) is 5.95. The van der Waals surface area contributed by atoms with Gasteiger partial charge in [-0.25, -0.2) is 14.8 Å². The minimum Gasteiger partial charge on any atom is -0.462 e. The Morgan fingerprint density at radius 2 is 1.94 bits per heavy atom. The number of esters is 1. The maximum atomic E-state index is 12.4. The lowest BCUT2D eigenvalue weighted by atomic mass is 10.2. The normalized spacial score (nSPS) is 10.8. The summed E-state index contributed by atoms with van der Waals surface area (Å²) in [5.74, 6) is 1.30. The first-order valence-electron chi connectivity index (χ1n) is 10.2. The van der Waals surface area contributed by atoms with Gasteiger partial charge in [0, 0.05) is 11.4 Å². The van der Waals surface area contributed by atoms with Crippen LogP contribution in [0.15, 0.2) is 35.2 Å². The molecule has 0 aliphatic heterocycles. The maximum Gasteiger partial charge on any atom is 0.348 e. The van der Waals surface area contributed by atoms with Gasteiger partial charge in [0.1, 0.15) is 21.3 Å². The first kappa shape index (κ1) is 23.0. The van der Waals surface area contributed by atoms with Gasteiger partial charge in [0.15, 0.2) is 0 Å². The average molecular weight is 459 g/mol. The van der Waals surface area contributed by atoms with Crippen molar-refractivity contribution in [2.45, 2.75) is 37.8 Å². The number of nitrogens with zero attached hydrogens (tertiary/aromatic N) is 2. The number of hydrogen-bond donors (Lipinski definition) is 2. The van der Waals surface area contributed by atoms with Gasteiger partial charge in [-0.3, -0.25) is 4.79 Å². The highest BCUT2D eigenvalue weighted by Gasteiger charge is 2.21. The van der Waals surface area contributed by atoms with Crippen LogP contribution in [0.1, 0.15) is 41.3 Å². The smallest absolute Gasteiger partial charge is 0.348 e. The Morgan fingerprint density at radius 3 is 2.65 bits per heavy atom. The van der Waals surface area contributed by atoms with Crippen LogP contribution in [-0.4, -0.2) is 41.5 Å². The number of benzene rings is 1. The molecule has 2 N–H and O–H groups in total. The van der Waals surface area contributed by atoms with E-state index in [0.29, 0.717) is 40.3 Å². The highest BCUT2D eigenvalue weighted by Crippen LogP contribution is 2.35. The van der Waals surface area contributed by atoms with Crippen LogP contribution < -0.4 is 10.6 Å². The van der Waals surface area contributed by atoms with E-state index in [1.165, 1.54) is 11.3 Å². The van der Waals surface area contributed by atoms with Crippen molar-refractivity contribution in [3.8, 4) is 0 Å². The Balaban J connectivity index is 1.91. The van der Waals surface area contributed by atoms with Gasteiger partial charge in [-0.05, 0) is 38.0 Å². The van der Waals surface area contributed by atoms with Crippen LogP contribution in [0.3, 0.4) is 0 Å². The standard InChI is InChI=1S/C22H26N4O3S2/c1-4-11-23-17(27)12-24-20-18-14(3)19(22(28)29-5-2)31-21(18)26-16(25-20)13-30-15-9-7-6-8-10-15/h6-10H,4-5,11-13H2,1-3H3,(H,23,27)(H,24,25,26). The zero-order valence-corrected chi connectivity index (χ0v) is 19.5. The van der Waals surface area contributed by atoms with E-state index in [-0.39, 0.29) is 18.4 Å². The number of rotatable bonds is 10. The molecule has 0 saturated heterocycles. The van der Waals surface area contributed by atoms with Crippen molar-refractivity contribution in [2.75, 3.05) is 25.0 Å². The molecule has 0 spiro atoms. The Morgan fingerprint density at radius 1 is 1.16 bits per heavy atom. The molecule has 0 aliphatic rings. The van der Waals surface area contributed by atoms with E-state index >= 15 is 0 Å². The summed E-state index contributed by atoms with van der Waals surface area (Å²) in [6.07, 6.45) is 0.872. The van der Waals surface area contributed by atoms with E-state index in [1.807, 2.05) is 44.2 Å². The van der Waals surface area contributed by atoms with Gasteiger partial charge >= 0.3 is 5.97 Å². The Labute approximate surface area is 190 Å². The van der Waals surface area contributed by atoms with Crippen LogP contribution in [0.4, 0.5) is 5.82 Å². The minimum absolute atomic E-state index is 0.0986. The first-order valence-corrected chi connectivity index (χ1v) is 12.0. The molecule has 0 unspecified atom stereocenters. The molecular formula is C22H26N4O3S2. The second kappa shape index (κ2) is 11.1. The third-order valence-electron chi connectivity index (χ3n) is 4.40. The molecular weight excluding hydrogens is 432 g/mol. The van der Waals surface area contributed by atoms with Crippen molar-refractivity contribution in [1.29, 1.82) is 0 Å². The number of fused-ring (bicyclic) bond motifs is 1. The minimum atomic E-state index is -0.366. The second-order valence-corrected chi connectivity index (χ2v) is 8.80. The van der Waals surface area contributed by atoms with Crippen molar-refractivity contribution < 1.29 is 14.3 Å². The lowest BCUT2D eigenvalue weighted by Crippen LogP contribution is -2.30. The lowest BCUT2D eigenvalue weighted by Gasteiger charge is -2.10. The molecule has 2 aromatic heterocycles. The Kier molecular flexibility index (Phi) is 8.25. The molecule has 7 nitrogen and oxygen atoms in total.